The monoisotopic (exact) mass is 625 g/mol. The molecule has 6 rings (SSSR count). The lowest BCUT2D eigenvalue weighted by Gasteiger charge is -2.55. The van der Waals surface area contributed by atoms with Crippen molar-refractivity contribution in [2.75, 3.05) is 19.7 Å². The third-order valence-corrected chi connectivity index (χ3v) is 11.1. The number of alkyl halides is 3. The van der Waals surface area contributed by atoms with E-state index in [4.69, 9.17) is 4.74 Å². The Morgan fingerprint density at radius 1 is 0.909 bits per heavy atom. The van der Waals surface area contributed by atoms with E-state index in [9.17, 15) is 32.3 Å². The quantitative estimate of drug-likeness (QED) is 0.298. The molecule has 1 spiro atoms. The standard InChI is InChI=1S/C33H47F4N3O4/c34-23-8-10-25(11-9-23)44-22-28(42)40-31-14-16-32(17-15-31,27(41)19-31)29(43)39-20-24-18-30(26(21-38-24)33(35,36)37)12-6-4-2-1-3-5-7-13-30/h8-11,24,26-27,38,41H,1-7,12-22H2,(H,39,43)(H,40,42). The highest BCUT2D eigenvalue weighted by atomic mass is 19.4. The van der Waals surface area contributed by atoms with Crippen LogP contribution in [0.1, 0.15) is 96.3 Å². The minimum Gasteiger partial charge on any atom is -0.484 e. The highest BCUT2D eigenvalue weighted by Crippen LogP contribution is 2.54. The van der Waals surface area contributed by atoms with Crippen LogP contribution in [0.2, 0.25) is 0 Å². The first-order chi connectivity index (χ1) is 21.0. The number of nitrogens with one attached hydrogen (secondary N) is 3. The lowest BCUT2D eigenvalue weighted by atomic mass is 9.55. The highest BCUT2D eigenvalue weighted by Gasteiger charge is 2.59. The van der Waals surface area contributed by atoms with E-state index in [1.54, 1.807) is 0 Å². The number of ether oxygens (including phenoxy) is 1. The third-order valence-electron chi connectivity index (χ3n) is 11.1. The van der Waals surface area contributed by atoms with E-state index >= 15 is 0 Å². The molecule has 2 amide bonds. The van der Waals surface area contributed by atoms with Crippen molar-refractivity contribution in [1.29, 1.82) is 0 Å². The van der Waals surface area contributed by atoms with Gasteiger partial charge in [0.15, 0.2) is 6.61 Å². The van der Waals surface area contributed by atoms with E-state index in [-0.39, 0.29) is 44.0 Å². The lowest BCUT2D eigenvalue weighted by Crippen LogP contribution is -2.66. The summed E-state index contributed by atoms with van der Waals surface area (Å²) in [6.07, 6.45) is 5.20. The second-order valence-electron chi connectivity index (χ2n) is 13.9. The van der Waals surface area contributed by atoms with Crippen molar-refractivity contribution in [1.82, 2.24) is 16.0 Å². The molecule has 7 nitrogen and oxygen atoms in total. The van der Waals surface area contributed by atoms with Crippen LogP contribution in [-0.2, 0) is 9.59 Å². The molecule has 4 saturated carbocycles. The smallest absolute Gasteiger partial charge is 0.393 e. The molecular weight excluding hydrogens is 578 g/mol. The van der Waals surface area contributed by atoms with Gasteiger partial charge in [-0.15, -0.1) is 0 Å². The SMILES string of the molecule is O=C(COc1ccc(F)cc1)NC12CCC(C(=O)NCC3CC4(CCCCCCCCC4)C(C(F)(F)F)CN3)(CC1)C(O)C2. The maximum Gasteiger partial charge on any atom is 0.393 e. The fourth-order valence-corrected chi connectivity index (χ4v) is 8.56. The van der Waals surface area contributed by atoms with Gasteiger partial charge >= 0.3 is 6.18 Å². The first-order valence-electron chi connectivity index (χ1n) is 16.4. The first kappa shape index (κ1) is 33.0. The topological polar surface area (TPSA) is 99.7 Å². The number of carbonyl (C=O) groups is 2. The maximum absolute atomic E-state index is 14.3. The Hall–Kier alpha value is -2.40. The molecule has 0 radical (unpaired) electrons. The predicted octanol–water partition coefficient (Wildman–Crippen LogP) is 5.55. The molecule has 5 aliphatic rings. The molecular formula is C33H47F4N3O4. The second-order valence-corrected chi connectivity index (χ2v) is 13.9. The highest BCUT2D eigenvalue weighted by molar-refractivity contribution is 5.84. The fraction of sp³-hybridized carbons (Fsp3) is 0.758. The molecule has 5 fully saturated rings. The average Bonchev–Trinajstić information content (AvgIpc) is 2.99. The molecule has 1 heterocycles. The normalized spacial score (nSPS) is 32.5. The van der Waals surface area contributed by atoms with Crippen molar-refractivity contribution in [2.45, 2.75) is 120 Å². The van der Waals surface area contributed by atoms with Crippen LogP contribution in [0.15, 0.2) is 24.3 Å². The summed E-state index contributed by atoms with van der Waals surface area (Å²) in [5.74, 6) is -2.03. The van der Waals surface area contributed by atoms with Gasteiger partial charge in [0.05, 0.1) is 17.4 Å². The molecule has 2 bridgehead atoms. The molecule has 1 aliphatic heterocycles. The van der Waals surface area contributed by atoms with Gasteiger partial charge in [-0.1, -0.05) is 44.9 Å². The van der Waals surface area contributed by atoms with Gasteiger partial charge in [-0.05, 0) is 81.0 Å². The molecule has 3 unspecified atom stereocenters. The van der Waals surface area contributed by atoms with Gasteiger partial charge < -0.3 is 25.8 Å². The first-order valence-corrected chi connectivity index (χ1v) is 16.4. The molecule has 0 aromatic heterocycles. The Morgan fingerprint density at radius 2 is 1.52 bits per heavy atom. The van der Waals surface area contributed by atoms with Gasteiger partial charge in [-0.25, -0.2) is 4.39 Å². The third kappa shape index (κ3) is 7.35. The Morgan fingerprint density at radius 3 is 2.11 bits per heavy atom. The number of amides is 2. The molecule has 4 aliphatic carbocycles. The molecule has 1 saturated heterocycles. The molecule has 4 N–H and O–H groups in total. The summed E-state index contributed by atoms with van der Waals surface area (Å²) < 4.78 is 61.4. The Bertz CT molecular complexity index is 1130. The summed E-state index contributed by atoms with van der Waals surface area (Å²) in [6, 6.07) is 5.11. The van der Waals surface area contributed by atoms with Gasteiger partial charge in [-0.2, -0.15) is 13.2 Å². The van der Waals surface area contributed by atoms with Gasteiger partial charge in [-0.3, -0.25) is 9.59 Å². The van der Waals surface area contributed by atoms with E-state index in [1.165, 1.54) is 24.3 Å². The summed E-state index contributed by atoms with van der Waals surface area (Å²) in [5, 5.41) is 20.3. The van der Waals surface area contributed by atoms with Crippen LogP contribution in [0.3, 0.4) is 0 Å². The molecule has 3 atom stereocenters. The molecule has 1 aromatic rings. The number of aliphatic hydroxyl groups excluding tert-OH is 1. The number of hydrogen-bond acceptors (Lipinski definition) is 5. The van der Waals surface area contributed by atoms with Crippen LogP contribution in [0.4, 0.5) is 17.6 Å². The Kier molecular flexibility index (Phi) is 10.1. The summed E-state index contributed by atoms with van der Waals surface area (Å²) in [7, 11) is 0. The van der Waals surface area contributed by atoms with E-state index < -0.39 is 40.4 Å². The zero-order valence-corrected chi connectivity index (χ0v) is 25.5. The lowest BCUT2D eigenvalue weighted by molar-refractivity contribution is -0.219. The van der Waals surface area contributed by atoms with Crippen molar-refractivity contribution in [2.24, 2.45) is 16.7 Å². The van der Waals surface area contributed by atoms with Crippen LogP contribution >= 0.6 is 0 Å². The van der Waals surface area contributed by atoms with Crippen molar-refractivity contribution >= 4 is 11.8 Å². The molecule has 44 heavy (non-hydrogen) atoms. The molecule has 1 aromatic carbocycles. The maximum atomic E-state index is 14.3. The second kappa shape index (κ2) is 13.5. The van der Waals surface area contributed by atoms with Gasteiger partial charge in [0.1, 0.15) is 11.6 Å². The number of rotatable bonds is 7. The number of piperidine rings is 1. The van der Waals surface area contributed by atoms with Crippen LogP contribution in [0.25, 0.3) is 0 Å². The number of halogens is 4. The number of hydrogen-bond donors (Lipinski definition) is 4. The van der Waals surface area contributed by atoms with E-state index in [0.29, 0.717) is 50.7 Å². The van der Waals surface area contributed by atoms with Crippen LogP contribution in [0, 0.1) is 22.6 Å². The van der Waals surface area contributed by atoms with Gasteiger partial charge in [0.25, 0.3) is 5.91 Å². The van der Waals surface area contributed by atoms with E-state index in [0.717, 1.165) is 44.9 Å². The summed E-state index contributed by atoms with van der Waals surface area (Å²) in [5.41, 5.74) is -2.43. The van der Waals surface area contributed by atoms with Crippen molar-refractivity contribution in [3.8, 4) is 5.75 Å². The number of fused-ring (bicyclic) bond motifs is 3. The van der Waals surface area contributed by atoms with Crippen LogP contribution in [0.5, 0.6) is 5.75 Å². The van der Waals surface area contributed by atoms with Gasteiger partial charge in [0, 0.05) is 24.7 Å². The minimum atomic E-state index is -4.27. The Labute approximate surface area is 257 Å². The van der Waals surface area contributed by atoms with E-state index in [1.807, 2.05) is 0 Å². The number of carbonyl (C=O) groups excluding carboxylic acids is 2. The molecule has 11 heteroatoms. The fourth-order valence-electron chi connectivity index (χ4n) is 8.56. The predicted molar refractivity (Wildman–Crippen MR) is 157 cm³/mol. The number of benzene rings is 1. The number of aliphatic hydroxyl groups is 1. The van der Waals surface area contributed by atoms with Gasteiger partial charge in [0.2, 0.25) is 5.91 Å². The summed E-state index contributed by atoms with van der Waals surface area (Å²) in [6.45, 7) is -0.159. The minimum absolute atomic E-state index is 0.134. The van der Waals surface area contributed by atoms with Crippen LogP contribution < -0.4 is 20.7 Å². The van der Waals surface area contributed by atoms with Crippen LogP contribution in [-0.4, -0.2) is 60.5 Å². The van der Waals surface area contributed by atoms with E-state index in [2.05, 4.69) is 16.0 Å². The summed E-state index contributed by atoms with van der Waals surface area (Å²) in [4.78, 5) is 26.3. The van der Waals surface area contributed by atoms with Crippen molar-refractivity contribution < 1.29 is 37.0 Å². The Balaban J connectivity index is 1.16. The zero-order chi connectivity index (χ0) is 31.4. The molecule has 246 valence electrons. The zero-order valence-electron chi connectivity index (χ0n) is 25.5. The summed E-state index contributed by atoms with van der Waals surface area (Å²) >= 11 is 0. The van der Waals surface area contributed by atoms with Crippen molar-refractivity contribution in [3.05, 3.63) is 30.1 Å². The largest absolute Gasteiger partial charge is 0.484 e. The van der Waals surface area contributed by atoms with Crippen molar-refractivity contribution in [3.63, 3.8) is 0 Å². The average molecular weight is 626 g/mol.